The van der Waals surface area contributed by atoms with Crippen molar-refractivity contribution in [3.8, 4) is 0 Å². The molecule has 2 amide bonds. The Labute approximate surface area is 178 Å². The van der Waals surface area contributed by atoms with Crippen LogP contribution < -0.4 is 5.32 Å². The summed E-state index contributed by atoms with van der Waals surface area (Å²) in [4.78, 5) is 29.8. The minimum absolute atomic E-state index is 0.244. The standard InChI is InChI=1S/C24H33N3O3/c1-21(2,3)30-20(29)25-24-14-23(24,15-24)19(28)27-11-9-22(10-12-27)16-26(17-22)13-18-7-5-4-6-8-18/h4-8H,9-17H2,1-3H3,(H,25,29). The van der Waals surface area contributed by atoms with Crippen LogP contribution in [0.15, 0.2) is 30.3 Å². The van der Waals surface area contributed by atoms with Gasteiger partial charge >= 0.3 is 6.09 Å². The highest BCUT2D eigenvalue weighted by molar-refractivity contribution is 5.95. The first-order valence-electron chi connectivity index (χ1n) is 11.2. The van der Waals surface area contributed by atoms with Crippen molar-refractivity contribution in [2.45, 2.75) is 64.1 Å². The molecule has 1 N–H and O–H groups in total. The minimum atomic E-state index is -0.518. The van der Waals surface area contributed by atoms with E-state index in [1.54, 1.807) is 0 Å². The van der Waals surface area contributed by atoms with Gasteiger partial charge in [-0.25, -0.2) is 4.79 Å². The molecule has 0 aromatic heterocycles. The number of hydrogen-bond donors (Lipinski definition) is 1. The number of nitrogens with zero attached hydrogens (tertiary/aromatic N) is 2. The Balaban J connectivity index is 1.09. The molecule has 4 fully saturated rings. The van der Waals surface area contributed by atoms with Crippen molar-refractivity contribution in [2.75, 3.05) is 26.2 Å². The molecule has 0 bridgehead atoms. The Bertz CT molecular complexity index is 838. The maximum atomic E-state index is 13.1. The van der Waals surface area contributed by atoms with E-state index in [1.165, 1.54) is 5.56 Å². The van der Waals surface area contributed by atoms with Gasteiger partial charge < -0.3 is 15.0 Å². The number of ether oxygens (including phenoxy) is 1. The number of likely N-dealkylation sites (tertiary alicyclic amines) is 2. The van der Waals surface area contributed by atoms with Crippen molar-refractivity contribution in [2.24, 2.45) is 10.8 Å². The van der Waals surface area contributed by atoms with Gasteiger partial charge in [0, 0.05) is 32.7 Å². The van der Waals surface area contributed by atoms with Gasteiger partial charge in [0.25, 0.3) is 0 Å². The van der Waals surface area contributed by atoms with Gasteiger partial charge in [-0.1, -0.05) is 30.3 Å². The van der Waals surface area contributed by atoms with Crippen LogP contribution in [0, 0.1) is 10.8 Å². The molecule has 2 saturated heterocycles. The van der Waals surface area contributed by atoms with Gasteiger partial charge in [-0.3, -0.25) is 9.69 Å². The Kier molecular flexibility index (Phi) is 4.27. The second-order valence-corrected chi connectivity index (χ2v) is 11.1. The number of carbonyl (C=O) groups is 2. The second kappa shape index (κ2) is 6.46. The fourth-order valence-corrected chi connectivity index (χ4v) is 5.61. The molecule has 2 heterocycles. The van der Waals surface area contributed by atoms with Crippen molar-refractivity contribution < 1.29 is 14.3 Å². The van der Waals surface area contributed by atoms with Crippen LogP contribution in [0.25, 0.3) is 0 Å². The van der Waals surface area contributed by atoms with Crippen molar-refractivity contribution in [3.63, 3.8) is 0 Å². The van der Waals surface area contributed by atoms with Crippen LogP contribution in [0.4, 0.5) is 4.79 Å². The van der Waals surface area contributed by atoms with Crippen LogP contribution in [0.3, 0.4) is 0 Å². The van der Waals surface area contributed by atoms with Crippen molar-refractivity contribution in [3.05, 3.63) is 35.9 Å². The van der Waals surface area contributed by atoms with E-state index in [0.29, 0.717) is 5.41 Å². The molecule has 0 unspecified atom stereocenters. The summed E-state index contributed by atoms with van der Waals surface area (Å²) in [7, 11) is 0. The predicted molar refractivity (Wildman–Crippen MR) is 114 cm³/mol. The number of benzene rings is 1. The number of rotatable bonds is 4. The molecule has 0 radical (unpaired) electrons. The first-order chi connectivity index (χ1) is 14.1. The van der Waals surface area contributed by atoms with E-state index in [9.17, 15) is 9.59 Å². The summed E-state index contributed by atoms with van der Waals surface area (Å²) in [6.07, 6.45) is 3.31. The Morgan fingerprint density at radius 1 is 1.07 bits per heavy atom. The van der Waals surface area contributed by atoms with Crippen LogP contribution >= 0.6 is 0 Å². The van der Waals surface area contributed by atoms with Gasteiger partial charge in [-0.05, 0) is 57.4 Å². The summed E-state index contributed by atoms with van der Waals surface area (Å²) in [5, 5.41) is 2.97. The van der Waals surface area contributed by atoms with E-state index in [0.717, 1.165) is 58.4 Å². The van der Waals surface area contributed by atoms with Gasteiger partial charge in [0.1, 0.15) is 5.60 Å². The number of nitrogens with one attached hydrogen (secondary N) is 1. The minimum Gasteiger partial charge on any atom is -0.444 e. The van der Waals surface area contributed by atoms with Gasteiger partial charge in [0.2, 0.25) is 5.91 Å². The van der Waals surface area contributed by atoms with E-state index < -0.39 is 11.7 Å². The van der Waals surface area contributed by atoms with E-state index in [4.69, 9.17) is 4.74 Å². The zero-order chi connectivity index (χ0) is 21.2. The monoisotopic (exact) mass is 411 g/mol. The molecule has 162 valence electrons. The number of piperidine rings is 1. The number of carbonyl (C=O) groups excluding carboxylic acids is 2. The van der Waals surface area contributed by atoms with Crippen LogP contribution in [0.5, 0.6) is 0 Å². The number of amides is 2. The smallest absolute Gasteiger partial charge is 0.408 e. The highest BCUT2D eigenvalue weighted by Gasteiger charge is 2.89. The largest absolute Gasteiger partial charge is 0.444 e. The average molecular weight is 412 g/mol. The van der Waals surface area contributed by atoms with E-state index >= 15 is 0 Å². The zero-order valence-corrected chi connectivity index (χ0v) is 18.4. The Hall–Kier alpha value is -2.08. The third kappa shape index (κ3) is 3.39. The SMILES string of the molecule is CC(C)(C)OC(=O)NC12CC1(C(=O)N1CCC3(CC1)CN(Cc1ccccc1)C3)C2. The summed E-state index contributed by atoms with van der Waals surface area (Å²) in [6.45, 7) is 10.6. The summed E-state index contributed by atoms with van der Waals surface area (Å²) in [5.74, 6) is 0.244. The molecular weight excluding hydrogens is 378 g/mol. The molecule has 1 aromatic carbocycles. The first kappa shape index (κ1) is 19.9. The molecule has 2 aliphatic carbocycles. The lowest BCUT2D eigenvalue weighted by atomic mass is 9.71. The molecule has 1 aromatic rings. The molecule has 6 nitrogen and oxygen atoms in total. The highest BCUT2D eigenvalue weighted by Crippen LogP contribution is 2.79. The third-order valence-electron chi connectivity index (χ3n) is 7.50. The molecule has 0 atom stereocenters. The van der Waals surface area contributed by atoms with Crippen molar-refractivity contribution in [1.29, 1.82) is 0 Å². The maximum absolute atomic E-state index is 13.1. The molecule has 6 heteroatoms. The maximum Gasteiger partial charge on any atom is 0.408 e. The lowest BCUT2D eigenvalue weighted by molar-refractivity contribution is -0.140. The summed E-state index contributed by atoms with van der Waals surface area (Å²) >= 11 is 0. The predicted octanol–water partition coefficient (Wildman–Crippen LogP) is 3.17. The second-order valence-electron chi connectivity index (χ2n) is 11.1. The summed E-state index contributed by atoms with van der Waals surface area (Å²) < 4.78 is 5.37. The molecule has 30 heavy (non-hydrogen) atoms. The van der Waals surface area contributed by atoms with Gasteiger partial charge in [-0.15, -0.1) is 0 Å². The number of alkyl carbamates (subject to hydrolysis) is 1. The van der Waals surface area contributed by atoms with E-state index in [-0.39, 0.29) is 16.9 Å². The third-order valence-corrected chi connectivity index (χ3v) is 7.50. The Morgan fingerprint density at radius 2 is 1.70 bits per heavy atom. The first-order valence-corrected chi connectivity index (χ1v) is 11.2. The summed E-state index contributed by atoms with van der Waals surface area (Å²) in [6, 6.07) is 10.6. The topological polar surface area (TPSA) is 61.9 Å². The highest BCUT2D eigenvalue weighted by atomic mass is 16.6. The average Bonchev–Trinajstić information content (AvgIpc) is 3.46. The molecular formula is C24H33N3O3. The van der Waals surface area contributed by atoms with E-state index in [2.05, 4.69) is 45.4 Å². The zero-order valence-electron chi connectivity index (χ0n) is 18.4. The fourth-order valence-electron chi connectivity index (χ4n) is 5.61. The van der Waals surface area contributed by atoms with Gasteiger partial charge in [0.05, 0.1) is 11.0 Å². The molecule has 2 saturated carbocycles. The van der Waals surface area contributed by atoms with Crippen LogP contribution in [0.2, 0.25) is 0 Å². The molecule has 2 aliphatic heterocycles. The van der Waals surface area contributed by atoms with Crippen molar-refractivity contribution >= 4 is 12.0 Å². The fraction of sp³-hybridized carbons (Fsp3) is 0.667. The number of fused-ring (bicyclic) bond motifs is 1. The van der Waals surface area contributed by atoms with Crippen molar-refractivity contribution in [1.82, 2.24) is 15.1 Å². The Morgan fingerprint density at radius 3 is 2.30 bits per heavy atom. The van der Waals surface area contributed by atoms with Gasteiger partial charge in [-0.2, -0.15) is 0 Å². The molecule has 1 spiro atoms. The lowest BCUT2D eigenvalue weighted by Crippen LogP contribution is -2.60. The lowest BCUT2D eigenvalue weighted by Gasteiger charge is -2.54. The van der Waals surface area contributed by atoms with Crippen LogP contribution in [-0.2, 0) is 16.1 Å². The van der Waals surface area contributed by atoms with Crippen LogP contribution in [-0.4, -0.2) is 59.1 Å². The summed E-state index contributed by atoms with van der Waals surface area (Å²) in [5.41, 5.74) is 0.575. The van der Waals surface area contributed by atoms with E-state index in [1.807, 2.05) is 20.8 Å². The quantitative estimate of drug-likeness (QED) is 0.827. The van der Waals surface area contributed by atoms with Gasteiger partial charge in [0.15, 0.2) is 0 Å². The molecule has 4 aliphatic rings. The van der Waals surface area contributed by atoms with Crippen LogP contribution in [0.1, 0.15) is 52.0 Å². The number of hydrogen-bond acceptors (Lipinski definition) is 4. The molecule has 5 rings (SSSR count). The normalized spacial score (nSPS) is 31.5.